The van der Waals surface area contributed by atoms with Gasteiger partial charge < -0.3 is 0 Å². The Kier molecular flexibility index (Phi) is 5.23. The number of benzene rings is 5. The number of anilines is 2. The van der Waals surface area contributed by atoms with Crippen LogP contribution < -0.4 is 4.90 Å². The van der Waals surface area contributed by atoms with Crippen molar-refractivity contribution in [2.24, 2.45) is 11.8 Å². The molecule has 5 heteroatoms. The maximum absolute atomic E-state index is 14.1. The average Bonchev–Trinajstić information content (AvgIpc) is 3.27. The first-order chi connectivity index (χ1) is 20.1. The molecular weight excluding hydrogens is 508 g/mol. The molecule has 1 fully saturated rings. The fraction of sp³-hybridized carbons (Fsp3) is 0.139. The molecule has 0 saturated carbocycles. The minimum absolute atomic E-state index is 0.195. The average molecular weight is 535 g/mol. The lowest BCUT2D eigenvalue weighted by Gasteiger charge is -2.45. The van der Waals surface area contributed by atoms with Crippen molar-refractivity contribution >= 4 is 39.9 Å². The Hall–Kier alpha value is -5.03. The zero-order valence-corrected chi connectivity index (χ0v) is 22.2. The van der Waals surface area contributed by atoms with Gasteiger partial charge in [-0.15, -0.1) is 0 Å². The van der Waals surface area contributed by atoms with Crippen molar-refractivity contribution in [3.05, 3.63) is 144 Å². The van der Waals surface area contributed by atoms with Crippen LogP contribution in [-0.2, 0) is 14.4 Å². The van der Waals surface area contributed by atoms with Crippen molar-refractivity contribution < 1.29 is 14.4 Å². The molecule has 5 aromatic carbocycles. The second-order valence-corrected chi connectivity index (χ2v) is 11.1. The van der Waals surface area contributed by atoms with Gasteiger partial charge in [0.2, 0.25) is 11.8 Å². The molecule has 0 aromatic heterocycles. The van der Waals surface area contributed by atoms with Crippen LogP contribution in [-0.4, -0.2) is 29.2 Å². The number of likely N-dealkylation sites (tertiary alicyclic amines) is 1. The Morgan fingerprint density at radius 3 is 1.61 bits per heavy atom. The van der Waals surface area contributed by atoms with E-state index in [1.165, 1.54) is 4.90 Å². The Bertz CT molecular complexity index is 1770. The molecule has 3 amide bonds. The molecule has 1 saturated heterocycles. The molecule has 0 N–H and O–H groups in total. The van der Waals surface area contributed by atoms with E-state index in [4.69, 9.17) is 0 Å². The third-order valence-corrected chi connectivity index (χ3v) is 9.09. The second-order valence-electron chi connectivity index (χ2n) is 11.1. The molecule has 4 aliphatic rings. The molecule has 198 valence electrons. The van der Waals surface area contributed by atoms with Crippen LogP contribution in [0.25, 0.3) is 10.8 Å². The van der Waals surface area contributed by atoms with E-state index in [0.29, 0.717) is 11.4 Å². The Morgan fingerprint density at radius 1 is 0.561 bits per heavy atom. The van der Waals surface area contributed by atoms with E-state index < -0.39 is 11.8 Å². The van der Waals surface area contributed by atoms with E-state index in [1.54, 1.807) is 4.90 Å². The zero-order valence-electron chi connectivity index (χ0n) is 22.2. The van der Waals surface area contributed by atoms with E-state index in [-0.39, 0.29) is 36.1 Å². The number of carbonyl (C=O) groups excluding carboxylic acids is 3. The van der Waals surface area contributed by atoms with E-state index in [1.807, 2.05) is 97.1 Å². The van der Waals surface area contributed by atoms with E-state index in [9.17, 15) is 14.4 Å². The molecular formula is C36H26N2O3. The van der Waals surface area contributed by atoms with E-state index in [0.717, 1.165) is 33.0 Å². The molecule has 1 heterocycles. The summed E-state index contributed by atoms with van der Waals surface area (Å²) in [5.74, 6) is -2.22. The molecule has 3 aliphatic carbocycles. The quantitative estimate of drug-likeness (QED) is 0.251. The molecule has 0 spiro atoms. The predicted molar refractivity (Wildman–Crippen MR) is 158 cm³/mol. The van der Waals surface area contributed by atoms with Crippen molar-refractivity contribution in [3.8, 4) is 0 Å². The van der Waals surface area contributed by atoms with Gasteiger partial charge in [0.05, 0.1) is 11.8 Å². The molecule has 2 atom stereocenters. The lowest BCUT2D eigenvalue weighted by atomic mass is 9.55. The molecule has 2 bridgehead atoms. The molecule has 41 heavy (non-hydrogen) atoms. The maximum Gasteiger partial charge on any atom is 0.251 e. The van der Waals surface area contributed by atoms with Gasteiger partial charge in [0.15, 0.2) is 0 Å². The molecule has 5 nitrogen and oxygen atoms in total. The topological polar surface area (TPSA) is 57.7 Å². The summed E-state index contributed by atoms with van der Waals surface area (Å²) in [5.41, 5.74) is 5.85. The van der Waals surface area contributed by atoms with Gasteiger partial charge >= 0.3 is 0 Å². The highest BCUT2D eigenvalue weighted by Gasteiger charge is 2.61. The number of hydrogen-bond acceptors (Lipinski definition) is 3. The van der Waals surface area contributed by atoms with Crippen LogP contribution in [0.5, 0.6) is 0 Å². The highest BCUT2D eigenvalue weighted by molar-refractivity contribution is 6.12. The monoisotopic (exact) mass is 534 g/mol. The molecule has 0 radical (unpaired) electrons. The first-order valence-electron chi connectivity index (χ1n) is 14.0. The lowest BCUT2D eigenvalue weighted by Crippen LogP contribution is -2.41. The molecule has 9 rings (SSSR count). The van der Waals surface area contributed by atoms with Crippen molar-refractivity contribution in [3.63, 3.8) is 0 Å². The SMILES string of the molecule is O=C1[C@@H]2C3c4ccccc4C(c4ccccc43)[C@H]2C(=O)N1CC(=O)N(c1ccccc1)c1ccc2ccccc2c1. The van der Waals surface area contributed by atoms with Gasteiger partial charge in [0.1, 0.15) is 6.54 Å². The van der Waals surface area contributed by atoms with Gasteiger partial charge in [-0.2, -0.15) is 0 Å². The van der Waals surface area contributed by atoms with E-state index >= 15 is 0 Å². The van der Waals surface area contributed by atoms with Crippen LogP contribution in [0.4, 0.5) is 11.4 Å². The number of amides is 3. The van der Waals surface area contributed by atoms with Crippen LogP contribution in [0.3, 0.4) is 0 Å². The van der Waals surface area contributed by atoms with Crippen molar-refractivity contribution in [2.45, 2.75) is 11.8 Å². The molecule has 5 aromatic rings. The smallest absolute Gasteiger partial charge is 0.251 e. The number of imide groups is 1. The van der Waals surface area contributed by atoms with Gasteiger partial charge in [0, 0.05) is 23.2 Å². The number of rotatable bonds is 4. The predicted octanol–water partition coefficient (Wildman–Crippen LogP) is 6.40. The van der Waals surface area contributed by atoms with Crippen LogP contribution in [0.1, 0.15) is 34.1 Å². The summed E-state index contributed by atoms with van der Waals surface area (Å²) in [4.78, 5) is 45.2. The lowest BCUT2D eigenvalue weighted by molar-refractivity contribution is -0.143. The number of nitrogens with zero attached hydrogens (tertiary/aromatic N) is 2. The van der Waals surface area contributed by atoms with Gasteiger partial charge in [-0.3, -0.25) is 24.2 Å². The summed E-state index contributed by atoms with van der Waals surface area (Å²) < 4.78 is 0. The summed E-state index contributed by atoms with van der Waals surface area (Å²) in [6.45, 7) is -0.307. The first kappa shape index (κ1) is 23.8. The van der Waals surface area contributed by atoms with E-state index in [2.05, 4.69) is 24.3 Å². The van der Waals surface area contributed by atoms with Gasteiger partial charge in [-0.25, -0.2) is 0 Å². The van der Waals surface area contributed by atoms with Gasteiger partial charge in [-0.1, -0.05) is 97.1 Å². The third kappa shape index (κ3) is 3.45. The van der Waals surface area contributed by atoms with Crippen molar-refractivity contribution in [2.75, 3.05) is 11.4 Å². The highest BCUT2D eigenvalue weighted by Crippen LogP contribution is 2.60. The van der Waals surface area contributed by atoms with Crippen LogP contribution in [0.15, 0.2) is 121 Å². The van der Waals surface area contributed by atoms with Crippen LogP contribution in [0, 0.1) is 11.8 Å². The number of hydrogen-bond donors (Lipinski definition) is 0. The summed E-state index contributed by atoms with van der Waals surface area (Å²) >= 11 is 0. The zero-order chi connectivity index (χ0) is 27.7. The largest absolute Gasteiger partial charge is 0.280 e. The van der Waals surface area contributed by atoms with Crippen molar-refractivity contribution in [1.29, 1.82) is 0 Å². The summed E-state index contributed by atoms with van der Waals surface area (Å²) in [6, 6.07) is 39.6. The summed E-state index contributed by atoms with van der Waals surface area (Å²) in [5, 5.41) is 2.07. The standard InChI is InChI=1S/C36H26N2O3/c39-30(38(24-12-2-1-3-13-24)25-19-18-22-10-4-5-11-23(22)20-25)21-37-35(40)33-31-26-14-6-7-15-27(26)32(34(33)36(37)41)29-17-9-8-16-28(29)31/h1-20,31-34H,21H2/t31?,32?,33-,34-/m1/s1. The Morgan fingerprint density at radius 2 is 1.05 bits per heavy atom. The molecule has 1 aliphatic heterocycles. The fourth-order valence-corrected chi connectivity index (χ4v) is 7.43. The minimum atomic E-state index is -0.504. The number of fused-ring (bicyclic) bond motifs is 1. The summed E-state index contributed by atoms with van der Waals surface area (Å²) in [6.07, 6.45) is 0. The van der Waals surface area contributed by atoms with Crippen LogP contribution >= 0.6 is 0 Å². The van der Waals surface area contributed by atoms with Gasteiger partial charge in [-0.05, 0) is 57.3 Å². The third-order valence-electron chi connectivity index (χ3n) is 9.09. The maximum atomic E-state index is 14.1. The Balaban J connectivity index is 1.18. The normalized spacial score (nSPS) is 21.9. The highest BCUT2D eigenvalue weighted by atomic mass is 16.2. The number of para-hydroxylation sites is 1. The first-order valence-corrected chi connectivity index (χ1v) is 14.0. The number of carbonyl (C=O) groups is 3. The van der Waals surface area contributed by atoms with Crippen LogP contribution in [0.2, 0.25) is 0 Å². The minimum Gasteiger partial charge on any atom is -0.280 e. The van der Waals surface area contributed by atoms with Crippen molar-refractivity contribution in [1.82, 2.24) is 4.90 Å². The molecule has 0 unspecified atom stereocenters. The Labute approximate surface area is 237 Å². The second kappa shape index (κ2) is 9.00. The summed E-state index contributed by atoms with van der Waals surface area (Å²) in [7, 11) is 0. The van der Waals surface area contributed by atoms with Gasteiger partial charge in [0.25, 0.3) is 5.91 Å². The fourth-order valence-electron chi connectivity index (χ4n) is 7.43.